The first-order valence-corrected chi connectivity index (χ1v) is 7.89. The molecule has 0 fully saturated rings. The maximum Gasteiger partial charge on any atom is 0.265 e. The molecular formula is C16H24N2OS. The third kappa shape index (κ3) is 4.99. The Bertz CT molecular complexity index is 484. The smallest absolute Gasteiger partial charge is 0.265 e. The predicted molar refractivity (Wildman–Crippen MR) is 85.8 cm³/mol. The molecule has 0 radical (unpaired) electrons. The highest BCUT2D eigenvalue weighted by molar-refractivity contribution is 7.12. The van der Waals surface area contributed by atoms with E-state index in [4.69, 9.17) is 5.73 Å². The third-order valence-corrected chi connectivity index (χ3v) is 3.55. The van der Waals surface area contributed by atoms with Crippen molar-refractivity contribution in [3.05, 3.63) is 21.9 Å². The summed E-state index contributed by atoms with van der Waals surface area (Å²) in [4.78, 5) is 15.4. The maximum absolute atomic E-state index is 12.7. The first-order valence-electron chi connectivity index (χ1n) is 7.01. The van der Waals surface area contributed by atoms with Gasteiger partial charge in [-0.05, 0) is 23.3 Å². The van der Waals surface area contributed by atoms with E-state index in [1.807, 2.05) is 16.3 Å². The van der Waals surface area contributed by atoms with Crippen LogP contribution in [0.5, 0.6) is 0 Å². The van der Waals surface area contributed by atoms with Crippen LogP contribution in [-0.4, -0.2) is 30.4 Å². The highest BCUT2D eigenvalue weighted by Gasteiger charge is 2.21. The lowest BCUT2D eigenvalue weighted by Crippen LogP contribution is -2.36. The van der Waals surface area contributed by atoms with Crippen LogP contribution in [-0.2, 0) is 0 Å². The Morgan fingerprint density at radius 1 is 1.30 bits per heavy atom. The van der Waals surface area contributed by atoms with Crippen molar-refractivity contribution in [2.75, 3.05) is 19.6 Å². The summed E-state index contributed by atoms with van der Waals surface area (Å²) in [6, 6.07) is 1.89. The Kier molecular flexibility index (Phi) is 6.77. The van der Waals surface area contributed by atoms with Crippen molar-refractivity contribution in [2.45, 2.75) is 27.7 Å². The molecule has 20 heavy (non-hydrogen) atoms. The SMILES string of the molecule is CC(C)CN(CC(C)C)C(=O)c1sccc1C#CCN. The van der Waals surface area contributed by atoms with Crippen LogP contribution in [0.1, 0.15) is 42.9 Å². The fraction of sp³-hybridized carbons (Fsp3) is 0.562. The molecule has 0 atom stereocenters. The summed E-state index contributed by atoms with van der Waals surface area (Å²) in [5.41, 5.74) is 6.19. The molecular weight excluding hydrogens is 268 g/mol. The molecule has 1 amide bonds. The minimum atomic E-state index is 0.0868. The normalized spacial score (nSPS) is 10.6. The van der Waals surface area contributed by atoms with Crippen LogP contribution in [0.15, 0.2) is 11.4 Å². The zero-order valence-corrected chi connectivity index (χ0v) is 13.6. The van der Waals surface area contributed by atoms with Crippen LogP contribution >= 0.6 is 11.3 Å². The number of thiophene rings is 1. The second kappa shape index (κ2) is 8.08. The molecule has 0 spiro atoms. The van der Waals surface area contributed by atoms with E-state index >= 15 is 0 Å². The summed E-state index contributed by atoms with van der Waals surface area (Å²) in [5, 5.41) is 1.91. The molecule has 0 aliphatic heterocycles. The fourth-order valence-corrected chi connectivity index (χ4v) is 2.80. The maximum atomic E-state index is 12.7. The van der Waals surface area contributed by atoms with Crippen molar-refractivity contribution < 1.29 is 4.79 Å². The summed E-state index contributed by atoms with van der Waals surface area (Å²) < 4.78 is 0. The Morgan fingerprint density at radius 2 is 1.90 bits per heavy atom. The van der Waals surface area contributed by atoms with Crippen LogP contribution < -0.4 is 5.73 Å². The van der Waals surface area contributed by atoms with Crippen LogP contribution in [0.4, 0.5) is 0 Å². The molecule has 0 aromatic carbocycles. The van der Waals surface area contributed by atoms with Gasteiger partial charge in [0, 0.05) is 18.7 Å². The Morgan fingerprint density at radius 3 is 2.40 bits per heavy atom. The number of carbonyl (C=O) groups is 1. The van der Waals surface area contributed by atoms with Gasteiger partial charge in [-0.2, -0.15) is 0 Å². The van der Waals surface area contributed by atoms with Crippen LogP contribution in [0.3, 0.4) is 0 Å². The molecule has 0 saturated heterocycles. The number of nitrogens with zero attached hydrogens (tertiary/aromatic N) is 1. The van der Waals surface area contributed by atoms with E-state index in [0.717, 1.165) is 23.5 Å². The first-order chi connectivity index (χ1) is 9.45. The first kappa shape index (κ1) is 16.7. The van der Waals surface area contributed by atoms with E-state index in [2.05, 4.69) is 39.5 Å². The van der Waals surface area contributed by atoms with Crippen LogP contribution in [0.25, 0.3) is 0 Å². The van der Waals surface area contributed by atoms with Gasteiger partial charge in [0.15, 0.2) is 0 Å². The van der Waals surface area contributed by atoms with Gasteiger partial charge in [0.05, 0.1) is 6.54 Å². The standard InChI is InChI=1S/C16H24N2OS/c1-12(2)10-18(11-13(3)4)16(19)15-14(6-5-8-17)7-9-20-15/h7,9,12-13H,8,10-11,17H2,1-4H3. The topological polar surface area (TPSA) is 46.3 Å². The minimum Gasteiger partial charge on any atom is -0.337 e. The van der Waals surface area contributed by atoms with Gasteiger partial charge in [0.2, 0.25) is 0 Å². The monoisotopic (exact) mass is 292 g/mol. The predicted octanol–water partition coefficient (Wildman–Crippen LogP) is 2.81. The average Bonchev–Trinajstić information content (AvgIpc) is 2.81. The van der Waals surface area contributed by atoms with Crippen molar-refractivity contribution in [2.24, 2.45) is 17.6 Å². The van der Waals surface area contributed by atoms with Crippen molar-refractivity contribution >= 4 is 17.2 Å². The number of nitrogens with two attached hydrogens (primary N) is 1. The minimum absolute atomic E-state index is 0.0868. The highest BCUT2D eigenvalue weighted by atomic mass is 32.1. The molecule has 1 rings (SSSR count). The molecule has 4 heteroatoms. The molecule has 1 heterocycles. The lowest BCUT2D eigenvalue weighted by molar-refractivity contribution is 0.0720. The number of rotatable bonds is 5. The van der Waals surface area contributed by atoms with Crippen molar-refractivity contribution in [1.29, 1.82) is 0 Å². The molecule has 1 aromatic rings. The molecule has 2 N–H and O–H groups in total. The van der Waals surface area contributed by atoms with E-state index in [0.29, 0.717) is 18.4 Å². The quantitative estimate of drug-likeness (QED) is 0.848. The summed E-state index contributed by atoms with van der Waals surface area (Å²) in [5.74, 6) is 6.80. The van der Waals surface area contributed by atoms with E-state index < -0.39 is 0 Å². The number of amides is 1. The number of carbonyl (C=O) groups excluding carboxylic acids is 1. The van der Waals surface area contributed by atoms with E-state index in [9.17, 15) is 4.79 Å². The van der Waals surface area contributed by atoms with Gasteiger partial charge in [-0.25, -0.2) is 0 Å². The van der Waals surface area contributed by atoms with Crippen molar-refractivity contribution in [3.8, 4) is 11.8 Å². The average molecular weight is 292 g/mol. The largest absolute Gasteiger partial charge is 0.337 e. The summed E-state index contributed by atoms with van der Waals surface area (Å²) in [6.07, 6.45) is 0. The zero-order chi connectivity index (χ0) is 15.1. The summed E-state index contributed by atoms with van der Waals surface area (Å²) in [6.45, 7) is 10.4. The van der Waals surface area contributed by atoms with E-state index in [1.165, 1.54) is 11.3 Å². The Balaban J connectivity index is 2.96. The van der Waals surface area contributed by atoms with Gasteiger partial charge >= 0.3 is 0 Å². The Labute approximate surface area is 126 Å². The Hall–Kier alpha value is -1.31. The second-order valence-corrected chi connectivity index (χ2v) is 6.58. The lowest BCUT2D eigenvalue weighted by atomic mass is 10.1. The van der Waals surface area contributed by atoms with E-state index in [-0.39, 0.29) is 5.91 Å². The van der Waals surface area contributed by atoms with Gasteiger partial charge in [-0.15, -0.1) is 11.3 Å². The van der Waals surface area contributed by atoms with Gasteiger partial charge in [0.1, 0.15) is 4.88 Å². The van der Waals surface area contributed by atoms with Crippen LogP contribution in [0, 0.1) is 23.7 Å². The number of hydrogen-bond donors (Lipinski definition) is 1. The molecule has 0 bridgehead atoms. The third-order valence-electron chi connectivity index (χ3n) is 2.64. The van der Waals surface area contributed by atoms with Gasteiger partial charge in [-0.3, -0.25) is 4.79 Å². The van der Waals surface area contributed by atoms with Crippen LogP contribution in [0.2, 0.25) is 0 Å². The summed E-state index contributed by atoms with van der Waals surface area (Å²) in [7, 11) is 0. The molecule has 110 valence electrons. The fourth-order valence-electron chi connectivity index (χ4n) is 1.99. The van der Waals surface area contributed by atoms with Gasteiger partial charge in [0.25, 0.3) is 5.91 Å². The zero-order valence-electron chi connectivity index (χ0n) is 12.8. The molecule has 0 saturated carbocycles. The van der Waals surface area contributed by atoms with E-state index in [1.54, 1.807) is 0 Å². The molecule has 1 aromatic heterocycles. The molecule has 0 aliphatic carbocycles. The molecule has 0 unspecified atom stereocenters. The molecule has 3 nitrogen and oxygen atoms in total. The lowest BCUT2D eigenvalue weighted by Gasteiger charge is -2.26. The van der Waals surface area contributed by atoms with Crippen molar-refractivity contribution in [3.63, 3.8) is 0 Å². The summed E-state index contributed by atoms with van der Waals surface area (Å²) >= 11 is 1.46. The van der Waals surface area contributed by atoms with Gasteiger partial charge in [-0.1, -0.05) is 39.5 Å². The molecule has 0 aliphatic rings. The van der Waals surface area contributed by atoms with Crippen molar-refractivity contribution in [1.82, 2.24) is 4.90 Å². The highest BCUT2D eigenvalue weighted by Crippen LogP contribution is 2.19. The van der Waals surface area contributed by atoms with Gasteiger partial charge < -0.3 is 10.6 Å². The number of hydrogen-bond acceptors (Lipinski definition) is 3. The second-order valence-electron chi connectivity index (χ2n) is 5.67.